The van der Waals surface area contributed by atoms with Crippen LogP contribution in [0, 0.1) is 0 Å². The number of carbonyl (C=O) groups is 3. The summed E-state index contributed by atoms with van der Waals surface area (Å²) in [5.74, 6) is -1.68. The van der Waals surface area contributed by atoms with E-state index in [2.05, 4.69) is 10.1 Å². The number of ether oxygens (including phenoxy) is 1. The van der Waals surface area contributed by atoms with Crippen molar-refractivity contribution in [2.45, 2.75) is 6.18 Å². The van der Waals surface area contributed by atoms with Crippen molar-refractivity contribution in [3.63, 3.8) is 0 Å². The third-order valence-corrected chi connectivity index (χ3v) is 5.32. The van der Waals surface area contributed by atoms with Crippen LogP contribution in [0.5, 0.6) is 0 Å². The van der Waals surface area contributed by atoms with E-state index in [9.17, 15) is 27.6 Å². The normalized spacial score (nSPS) is 15.4. The van der Waals surface area contributed by atoms with Gasteiger partial charge in [0.15, 0.2) is 5.11 Å². The van der Waals surface area contributed by atoms with Gasteiger partial charge in [0.1, 0.15) is 17.1 Å². The molecule has 0 saturated carbocycles. The van der Waals surface area contributed by atoms with Gasteiger partial charge in [0.25, 0.3) is 11.8 Å². The summed E-state index contributed by atoms with van der Waals surface area (Å²) in [4.78, 5) is 37.9. The average Bonchev–Trinajstić information content (AvgIpc) is 3.29. The first kappa shape index (κ1) is 23.9. The Bertz CT molecular complexity index is 1380. The van der Waals surface area contributed by atoms with Gasteiger partial charge in [0.2, 0.25) is 0 Å². The highest BCUT2D eigenvalue weighted by Gasteiger charge is 2.36. The highest BCUT2D eigenvalue weighted by atomic mass is 32.1. The largest absolute Gasteiger partial charge is 0.465 e. The summed E-state index contributed by atoms with van der Waals surface area (Å²) in [5, 5.41) is 1.97. The summed E-state index contributed by atoms with van der Waals surface area (Å²) in [5.41, 5.74) is -0.528. The summed E-state index contributed by atoms with van der Waals surface area (Å²) in [6, 6.07) is 13.5. The van der Waals surface area contributed by atoms with Gasteiger partial charge in [-0.3, -0.25) is 19.8 Å². The molecule has 4 rings (SSSR count). The van der Waals surface area contributed by atoms with Gasteiger partial charge in [-0.2, -0.15) is 13.2 Å². The minimum atomic E-state index is -4.63. The fourth-order valence-corrected chi connectivity index (χ4v) is 3.61. The van der Waals surface area contributed by atoms with E-state index in [1.165, 1.54) is 25.3 Å². The number of furan rings is 1. The molecular weight excluding hydrogens is 485 g/mol. The Hall–Kier alpha value is -4.25. The van der Waals surface area contributed by atoms with E-state index in [4.69, 9.17) is 16.6 Å². The van der Waals surface area contributed by atoms with Crippen LogP contribution in [0.2, 0.25) is 0 Å². The summed E-state index contributed by atoms with van der Waals surface area (Å²) in [7, 11) is 1.27. The maximum Gasteiger partial charge on any atom is 0.416 e. The van der Waals surface area contributed by atoms with E-state index < -0.39 is 29.5 Å². The zero-order valence-corrected chi connectivity index (χ0v) is 18.7. The van der Waals surface area contributed by atoms with Gasteiger partial charge >= 0.3 is 12.1 Å². The van der Waals surface area contributed by atoms with Gasteiger partial charge < -0.3 is 9.15 Å². The summed E-state index contributed by atoms with van der Waals surface area (Å²) in [6.45, 7) is 0. The second-order valence-corrected chi connectivity index (χ2v) is 7.66. The number of esters is 1. The number of alkyl halides is 3. The van der Waals surface area contributed by atoms with E-state index in [1.807, 2.05) is 0 Å². The lowest BCUT2D eigenvalue weighted by Crippen LogP contribution is -2.54. The molecule has 178 valence electrons. The molecule has 0 radical (unpaired) electrons. The standard InChI is InChI=1S/C24H15F3N2O5S/c1-33-22(32)14-7-5-13(6-8-14)19-10-9-17(34-19)12-18-20(30)28-23(35)29(21(18)31)16-4-2-3-15(11-16)24(25,26)27/h2-12H,1H3,(H,28,30,35)/b18-12+. The molecule has 7 nitrogen and oxygen atoms in total. The number of halogens is 3. The number of rotatable bonds is 4. The number of thiocarbonyl (C=S) groups is 1. The van der Waals surface area contributed by atoms with Crippen molar-refractivity contribution in [3.8, 4) is 11.3 Å². The van der Waals surface area contributed by atoms with Crippen molar-refractivity contribution in [1.29, 1.82) is 0 Å². The van der Waals surface area contributed by atoms with Crippen LogP contribution in [0.3, 0.4) is 0 Å². The molecule has 1 aromatic heterocycles. The van der Waals surface area contributed by atoms with Crippen LogP contribution in [0.25, 0.3) is 17.4 Å². The maximum atomic E-state index is 13.1. The fraction of sp³-hybridized carbons (Fsp3) is 0.0833. The quantitative estimate of drug-likeness (QED) is 0.244. The molecule has 2 aromatic carbocycles. The van der Waals surface area contributed by atoms with E-state index in [-0.39, 0.29) is 22.1 Å². The van der Waals surface area contributed by atoms with Crippen LogP contribution in [-0.2, 0) is 20.5 Å². The topological polar surface area (TPSA) is 88.9 Å². The van der Waals surface area contributed by atoms with Crippen LogP contribution >= 0.6 is 12.2 Å². The Balaban J connectivity index is 1.63. The molecule has 1 aliphatic heterocycles. The minimum Gasteiger partial charge on any atom is -0.465 e. The smallest absolute Gasteiger partial charge is 0.416 e. The molecule has 1 fully saturated rings. The number of methoxy groups -OCH3 is 1. The molecule has 0 aliphatic carbocycles. The second kappa shape index (κ2) is 9.18. The molecule has 0 bridgehead atoms. The first-order valence-corrected chi connectivity index (χ1v) is 10.4. The average molecular weight is 500 g/mol. The van der Waals surface area contributed by atoms with Crippen LogP contribution in [0.4, 0.5) is 18.9 Å². The van der Waals surface area contributed by atoms with Gasteiger partial charge in [0.05, 0.1) is 23.9 Å². The van der Waals surface area contributed by atoms with Crippen LogP contribution in [0.1, 0.15) is 21.7 Å². The predicted octanol–water partition coefficient (Wildman–Crippen LogP) is 4.58. The molecule has 0 unspecified atom stereocenters. The van der Waals surface area contributed by atoms with Gasteiger partial charge in [-0.25, -0.2) is 4.79 Å². The molecule has 3 aromatic rings. The lowest BCUT2D eigenvalue weighted by Gasteiger charge is -2.29. The van der Waals surface area contributed by atoms with Crippen molar-refractivity contribution in [2.75, 3.05) is 12.0 Å². The lowest BCUT2D eigenvalue weighted by molar-refractivity contribution is -0.137. The van der Waals surface area contributed by atoms with Crippen LogP contribution < -0.4 is 10.2 Å². The third kappa shape index (κ3) is 4.85. The Kier molecular flexibility index (Phi) is 6.27. The molecule has 2 heterocycles. The number of hydrogen-bond acceptors (Lipinski definition) is 6. The van der Waals surface area contributed by atoms with Crippen molar-refractivity contribution in [2.24, 2.45) is 0 Å². The van der Waals surface area contributed by atoms with E-state index in [1.54, 1.807) is 30.3 Å². The number of benzene rings is 2. The maximum absolute atomic E-state index is 13.1. The summed E-state index contributed by atoms with van der Waals surface area (Å²) < 4.78 is 49.7. The first-order valence-electron chi connectivity index (χ1n) is 9.96. The highest BCUT2D eigenvalue weighted by Crippen LogP contribution is 2.33. The Morgan fingerprint density at radius 2 is 1.80 bits per heavy atom. The number of carbonyl (C=O) groups excluding carboxylic acids is 3. The number of nitrogens with one attached hydrogen (secondary N) is 1. The van der Waals surface area contributed by atoms with E-state index in [0.717, 1.165) is 23.1 Å². The number of hydrogen-bond donors (Lipinski definition) is 1. The van der Waals surface area contributed by atoms with E-state index >= 15 is 0 Å². The highest BCUT2D eigenvalue weighted by molar-refractivity contribution is 7.80. The molecule has 1 aliphatic rings. The summed E-state index contributed by atoms with van der Waals surface area (Å²) in [6.07, 6.45) is -3.45. The molecule has 1 N–H and O–H groups in total. The van der Waals surface area contributed by atoms with Crippen LogP contribution in [0.15, 0.2) is 70.7 Å². The number of anilines is 1. The molecule has 0 atom stereocenters. The molecule has 1 saturated heterocycles. The second-order valence-electron chi connectivity index (χ2n) is 7.28. The molecule has 2 amide bonds. The van der Waals surface area contributed by atoms with Gasteiger partial charge in [-0.15, -0.1) is 0 Å². The summed E-state index contributed by atoms with van der Waals surface area (Å²) >= 11 is 5.03. The predicted molar refractivity (Wildman–Crippen MR) is 123 cm³/mol. The molecular formula is C24H15F3N2O5S. The first-order chi connectivity index (χ1) is 16.6. The minimum absolute atomic E-state index is 0.146. The Morgan fingerprint density at radius 3 is 2.46 bits per heavy atom. The van der Waals surface area contributed by atoms with Crippen molar-refractivity contribution < 1.29 is 36.7 Å². The third-order valence-electron chi connectivity index (χ3n) is 5.04. The molecule has 0 spiro atoms. The van der Waals surface area contributed by atoms with Gasteiger partial charge in [0, 0.05) is 5.56 Å². The Morgan fingerprint density at radius 1 is 1.09 bits per heavy atom. The van der Waals surface area contributed by atoms with Crippen molar-refractivity contribution in [1.82, 2.24) is 5.32 Å². The monoisotopic (exact) mass is 500 g/mol. The number of amides is 2. The van der Waals surface area contributed by atoms with E-state index in [0.29, 0.717) is 16.9 Å². The Labute approximate surface area is 201 Å². The van der Waals surface area contributed by atoms with Crippen molar-refractivity contribution in [3.05, 3.63) is 83.1 Å². The SMILES string of the molecule is COC(=O)c1ccc(-c2ccc(/C=C3\C(=O)NC(=S)N(c4cccc(C(F)(F)F)c4)C3=O)o2)cc1. The fourth-order valence-electron chi connectivity index (χ4n) is 3.33. The number of nitrogens with zero attached hydrogens (tertiary/aromatic N) is 1. The lowest BCUT2D eigenvalue weighted by atomic mass is 10.1. The zero-order valence-electron chi connectivity index (χ0n) is 17.9. The van der Waals surface area contributed by atoms with Crippen LogP contribution in [-0.4, -0.2) is 30.0 Å². The molecule has 11 heteroatoms. The van der Waals surface area contributed by atoms with Crippen molar-refractivity contribution >= 4 is 46.9 Å². The van der Waals surface area contributed by atoms with Gasteiger partial charge in [-0.1, -0.05) is 18.2 Å². The zero-order chi connectivity index (χ0) is 25.3. The molecule has 35 heavy (non-hydrogen) atoms. The van der Waals surface area contributed by atoms with Gasteiger partial charge in [-0.05, 0) is 60.8 Å².